The van der Waals surface area contributed by atoms with E-state index in [0.29, 0.717) is 24.5 Å². The highest BCUT2D eigenvalue weighted by molar-refractivity contribution is 5.96. The van der Waals surface area contributed by atoms with Gasteiger partial charge in [-0.05, 0) is 31.5 Å². The SMILES string of the molecule is CCN1CCN(C(=O)c2cccc(C(=O)NC3CCCCC3)n2)CC1. The summed E-state index contributed by atoms with van der Waals surface area (Å²) in [7, 11) is 0. The maximum absolute atomic E-state index is 12.7. The lowest BCUT2D eigenvalue weighted by Gasteiger charge is -2.33. The molecule has 25 heavy (non-hydrogen) atoms. The average Bonchev–Trinajstić information content (AvgIpc) is 2.68. The van der Waals surface area contributed by atoms with Gasteiger partial charge in [0.2, 0.25) is 0 Å². The van der Waals surface area contributed by atoms with E-state index in [0.717, 1.165) is 32.5 Å². The quantitative estimate of drug-likeness (QED) is 0.906. The van der Waals surface area contributed by atoms with Crippen molar-refractivity contribution in [3.63, 3.8) is 0 Å². The number of hydrogen-bond donors (Lipinski definition) is 1. The third-order valence-corrected chi connectivity index (χ3v) is 5.25. The first-order chi connectivity index (χ1) is 12.2. The van der Waals surface area contributed by atoms with Gasteiger partial charge >= 0.3 is 0 Å². The van der Waals surface area contributed by atoms with Crippen LogP contribution in [0.15, 0.2) is 18.2 Å². The number of nitrogens with zero attached hydrogens (tertiary/aromatic N) is 3. The van der Waals surface area contributed by atoms with Crippen molar-refractivity contribution >= 4 is 11.8 Å². The number of likely N-dealkylation sites (N-methyl/N-ethyl adjacent to an activating group) is 1. The van der Waals surface area contributed by atoms with Gasteiger partial charge < -0.3 is 15.1 Å². The molecule has 1 aliphatic heterocycles. The first-order valence-corrected chi connectivity index (χ1v) is 9.47. The second kappa shape index (κ2) is 8.43. The summed E-state index contributed by atoms with van der Waals surface area (Å²) in [5.41, 5.74) is 0.699. The fourth-order valence-corrected chi connectivity index (χ4v) is 3.62. The van der Waals surface area contributed by atoms with Crippen LogP contribution in [0.25, 0.3) is 0 Å². The minimum absolute atomic E-state index is 0.0805. The summed E-state index contributed by atoms with van der Waals surface area (Å²) < 4.78 is 0. The lowest BCUT2D eigenvalue weighted by Crippen LogP contribution is -2.48. The van der Waals surface area contributed by atoms with Crippen LogP contribution >= 0.6 is 0 Å². The molecular formula is C19H28N4O2. The summed E-state index contributed by atoms with van der Waals surface area (Å²) in [6, 6.07) is 5.37. The molecule has 1 aliphatic carbocycles. The van der Waals surface area contributed by atoms with Crippen LogP contribution in [-0.4, -0.2) is 65.4 Å². The van der Waals surface area contributed by atoms with Crippen LogP contribution in [0.4, 0.5) is 0 Å². The summed E-state index contributed by atoms with van der Waals surface area (Å²) in [5.74, 6) is -0.250. The van der Waals surface area contributed by atoms with Gasteiger partial charge in [0.1, 0.15) is 11.4 Å². The van der Waals surface area contributed by atoms with Gasteiger partial charge in [-0.15, -0.1) is 0 Å². The molecule has 0 bridgehead atoms. The summed E-state index contributed by atoms with van der Waals surface area (Å²) >= 11 is 0. The Morgan fingerprint density at radius 1 is 1.08 bits per heavy atom. The molecule has 0 unspecified atom stereocenters. The van der Waals surface area contributed by atoms with Crippen molar-refractivity contribution in [2.24, 2.45) is 0 Å². The summed E-state index contributed by atoms with van der Waals surface area (Å²) in [5, 5.41) is 3.06. The highest BCUT2D eigenvalue weighted by atomic mass is 16.2. The zero-order valence-corrected chi connectivity index (χ0v) is 15.0. The van der Waals surface area contributed by atoms with E-state index in [4.69, 9.17) is 0 Å². The third-order valence-electron chi connectivity index (χ3n) is 5.25. The van der Waals surface area contributed by atoms with Gasteiger partial charge in [-0.2, -0.15) is 0 Å². The molecule has 0 aromatic carbocycles. The predicted octanol–water partition coefficient (Wildman–Crippen LogP) is 1.92. The molecule has 2 fully saturated rings. The van der Waals surface area contributed by atoms with Gasteiger partial charge in [0.15, 0.2) is 0 Å². The second-order valence-electron chi connectivity index (χ2n) is 6.94. The Hall–Kier alpha value is -1.95. The standard InChI is InChI=1S/C19H28N4O2/c1-2-22-11-13-23(14-12-22)19(25)17-10-6-9-16(21-17)18(24)20-15-7-4-3-5-8-15/h6,9-10,15H,2-5,7-8,11-14H2,1H3,(H,20,24). The van der Waals surface area contributed by atoms with E-state index in [9.17, 15) is 9.59 Å². The number of amides is 2. The number of pyridine rings is 1. The predicted molar refractivity (Wildman–Crippen MR) is 96.6 cm³/mol. The van der Waals surface area contributed by atoms with Crippen molar-refractivity contribution in [2.45, 2.75) is 45.1 Å². The molecule has 2 amide bonds. The average molecular weight is 344 g/mol. The summed E-state index contributed by atoms with van der Waals surface area (Å²) in [6.45, 7) is 6.36. The van der Waals surface area contributed by atoms with E-state index in [2.05, 4.69) is 22.1 Å². The van der Waals surface area contributed by atoms with Gasteiger partial charge in [0.25, 0.3) is 11.8 Å². The van der Waals surface area contributed by atoms with Crippen LogP contribution in [0.2, 0.25) is 0 Å². The number of carbonyl (C=O) groups excluding carboxylic acids is 2. The van der Waals surface area contributed by atoms with E-state index in [1.807, 2.05) is 4.90 Å². The number of nitrogens with one attached hydrogen (secondary N) is 1. The molecule has 3 rings (SSSR count). The zero-order valence-electron chi connectivity index (χ0n) is 15.0. The molecule has 6 nitrogen and oxygen atoms in total. The lowest BCUT2D eigenvalue weighted by atomic mass is 9.95. The Balaban J connectivity index is 1.62. The minimum atomic E-state index is -0.169. The van der Waals surface area contributed by atoms with Gasteiger partial charge in [-0.25, -0.2) is 4.98 Å². The Morgan fingerprint density at radius 2 is 1.76 bits per heavy atom. The van der Waals surface area contributed by atoms with Gasteiger partial charge in [-0.1, -0.05) is 32.3 Å². The Labute approximate surface area is 149 Å². The van der Waals surface area contributed by atoms with Crippen LogP contribution in [0.3, 0.4) is 0 Å². The fraction of sp³-hybridized carbons (Fsp3) is 0.632. The lowest BCUT2D eigenvalue weighted by molar-refractivity contribution is 0.0637. The van der Waals surface area contributed by atoms with Crippen molar-refractivity contribution in [3.05, 3.63) is 29.6 Å². The van der Waals surface area contributed by atoms with E-state index < -0.39 is 0 Å². The summed E-state index contributed by atoms with van der Waals surface area (Å²) in [4.78, 5) is 33.6. The number of carbonyl (C=O) groups is 2. The fourth-order valence-electron chi connectivity index (χ4n) is 3.62. The van der Waals surface area contributed by atoms with E-state index >= 15 is 0 Å². The highest BCUT2D eigenvalue weighted by Crippen LogP contribution is 2.17. The molecule has 0 radical (unpaired) electrons. The second-order valence-corrected chi connectivity index (χ2v) is 6.94. The Bertz CT molecular complexity index is 605. The topological polar surface area (TPSA) is 65.5 Å². The van der Waals surface area contributed by atoms with Crippen LogP contribution < -0.4 is 5.32 Å². The third kappa shape index (κ3) is 4.57. The Morgan fingerprint density at radius 3 is 2.44 bits per heavy atom. The molecule has 2 aliphatic rings. The highest BCUT2D eigenvalue weighted by Gasteiger charge is 2.23. The normalized spacial score (nSPS) is 19.6. The van der Waals surface area contributed by atoms with Crippen molar-refractivity contribution < 1.29 is 9.59 Å². The molecule has 1 aromatic rings. The van der Waals surface area contributed by atoms with Gasteiger partial charge in [0, 0.05) is 32.2 Å². The van der Waals surface area contributed by atoms with Crippen molar-refractivity contribution in [3.8, 4) is 0 Å². The molecule has 1 saturated carbocycles. The van der Waals surface area contributed by atoms with Crippen LogP contribution in [0, 0.1) is 0 Å². The van der Waals surface area contributed by atoms with Gasteiger partial charge in [0.05, 0.1) is 0 Å². The van der Waals surface area contributed by atoms with Gasteiger partial charge in [-0.3, -0.25) is 9.59 Å². The molecule has 1 aromatic heterocycles. The van der Waals surface area contributed by atoms with Crippen molar-refractivity contribution in [2.75, 3.05) is 32.7 Å². The van der Waals surface area contributed by atoms with E-state index in [-0.39, 0.29) is 17.9 Å². The monoisotopic (exact) mass is 344 g/mol. The van der Waals surface area contributed by atoms with Crippen LogP contribution in [0.5, 0.6) is 0 Å². The maximum atomic E-state index is 12.7. The molecule has 0 atom stereocenters. The molecule has 0 spiro atoms. The van der Waals surface area contributed by atoms with E-state index in [1.54, 1.807) is 18.2 Å². The molecule has 1 N–H and O–H groups in total. The minimum Gasteiger partial charge on any atom is -0.348 e. The largest absolute Gasteiger partial charge is 0.348 e. The number of rotatable bonds is 4. The molecule has 136 valence electrons. The maximum Gasteiger partial charge on any atom is 0.272 e. The van der Waals surface area contributed by atoms with Crippen molar-refractivity contribution in [1.82, 2.24) is 20.1 Å². The zero-order chi connectivity index (χ0) is 17.6. The first kappa shape index (κ1) is 17.9. The smallest absolute Gasteiger partial charge is 0.272 e. The summed E-state index contributed by atoms with van der Waals surface area (Å²) in [6.07, 6.45) is 5.65. The van der Waals surface area contributed by atoms with Crippen LogP contribution in [-0.2, 0) is 0 Å². The molecule has 1 saturated heterocycles. The number of piperazine rings is 1. The molecule has 6 heteroatoms. The number of aromatic nitrogens is 1. The van der Waals surface area contributed by atoms with Crippen LogP contribution in [0.1, 0.15) is 60.0 Å². The molecular weight excluding hydrogens is 316 g/mol. The molecule has 2 heterocycles. The Kier molecular flexibility index (Phi) is 6.02. The number of hydrogen-bond acceptors (Lipinski definition) is 4. The first-order valence-electron chi connectivity index (χ1n) is 9.47. The van der Waals surface area contributed by atoms with E-state index in [1.165, 1.54) is 19.3 Å². The van der Waals surface area contributed by atoms with Crippen molar-refractivity contribution in [1.29, 1.82) is 0 Å².